The Morgan fingerprint density at radius 3 is 2.27 bits per heavy atom. The van der Waals surface area contributed by atoms with Gasteiger partial charge in [0, 0.05) is 24.0 Å². The Morgan fingerprint density at radius 2 is 1.51 bits per heavy atom. The maximum atomic E-state index is 6.73. The highest BCUT2D eigenvalue weighted by atomic mass is 35.5. The van der Waals surface area contributed by atoms with Gasteiger partial charge in [0.1, 0.15) is 17.2 Å². The van der Waals surface area contributed by atoms with Crippen LogP contribution >= 0.6 is 12.4 Å². The fourth-order valence-corrected chi connectivity index (χ4v) is 4.86. The van der Waals surface area contributed by atoms with Gasteiger partial charge in [-0.25, -0.2) is 0 Å². The molecule has 5 rings (SSSR count). The van der Waals surface area contributed by atoms with Crippen LogP contribution in [0.2, 0.25) is 0 Å². The summed E-state index contributed by atoms with van der Waals surface area (Å²) in [6, 6.07) is 26.6. The van der Waals surface area contributed by atoms with Gasteiger partial charge in [-0.2, -0.15) is 0 Å². The van der Waals surface area contributed by atoms with Crippen molar-refractivity contribution in [2.45, 2.75) is 19.3 Å². The number of anilines is 1. The monoisotopic (exact) mass is 518 g/mol. The van der Waals surface area contributed by atoms with Gasteiger partial charge in [-0.3, -0.25) is 0 Å². The standard InChI is InChI=1S/C31H34N2O3.ClH/c1-34-25-13-10-23(11-14-25)27-16-12-24-22-26(35-2)15-17-28(24)31(27)36-30-9-5-4-8-29(30)32-18-21-33-19-6-3-7-20-33;/h4-5,8-17,22,32H,3,6-7,18-21H2,1-2H3;1H. The number of hydrogen-bond donors (Lipinski definition) is 1. The zero-order valence-corrected chi connectivity index (χ0v) is 22.4. The van der Waals surface area contributed by atoms with Crippen LogP contribution in [0, 0.1) is 0 Å². The van der Waals surface area contributed by atoms with Crippen molar-refractivity contribution in [2.24, 2.45) is 0 Å². The van der Waals surface area contributed by atoms with Crippen LogP contribution in [-0.4, -0.2) is 45.3 Å². The first-order chi connectivity index (χ1) is 17.7. The molecular weight excluding hydrogens is 484 g/mol. The summed E-state index contributed by atoms with van der Waals surface area (Å²) in [6.07, 6.45) is 3.97. The summed E-state index contributed by atoms with van der Waals surface area (Å²) in [6.45, 7) is 4.33. The third-order valence-electron chi connectivity index (χ3n) is 6.87. The van der Waals surface area contributed by atoms with Crippen molar-refractivity contribution >= 4 is 28.9 Å². The molecule has 0 bridgehead atoms. The summed E-state index contributed by atoms with van der Waals surface area (Å²) in [5, 5.41) is 5.72. The van der Waals surface area contributed by atoms with E-state index >= 15 is 0 Å². The summed E-state index contributed by atoms with van der Waals surface area (Å²) in [5.41, 5.74) is 3.10. The first kappa shape index (κ1) is 26.6. The van der Waals surface area contributed by atoms with Crippen LogP contribution in [0.4, 0.5) is 5.69 Å². The van der Waals surface area contributed by atoms with E-state index in [0.717, 1.165) is 63.7 Å². The first-order valence-electron chi connectivity index (χ1n) is 12.7. The molecule has 4 aromatic rings. The predicted octanol–water partition coefficient (Wildman–Crippen LogP) is 7.64. The maximum Gasteiger partial charge on any atom is 0.150 e. The van der Waals surface area contributed by atoms with Crippen LogP contribution in [0.15, 0.2) is 78.9 Å². The fourth-order valence-electron chi connectivity index (χ4n) is 4.86. The van der Waals surface area contributed by atoms with Gasteiger partial charge in [-0.1, -0.05) is 36.8 Å². The Bertz CT molecular complexity index is 1300. The van der Waals surface area contributed by atoms with Gasteiger partial charge in [-0.05, 0) is 85.4 Å². The van der Waals surface area contributed by atoms with Crippen molar-refractivity contribution in [3.63, 3.8) is 0 Å². The summed E-state index contributed by atoms with van der Waals surface area (Å²) in [4.78, 5) is 2.54. The van der Waals surface area contributed by atoms with E-state index in [1.54, 1.807) is 14.2 Å². The number of piperidine rings is 1. The number of fused-ring (bicyclic) bond motifs is 1. The molecule has 1 heterocycles. The molecular formula is C31H35ClN2O3. The minimum atomic E-state index is 0. The molecule has 4 aromatic carbocycles. The number of benzene rings is 4. The number of para-hydroxylation sites is 2. The van der Waals surface area contributed by atoms with Crippen molar-refractivity contribution in [2.75, 3.05) is 45.7 Å². The van der Waals surface area contributed by atoms with Gasteiger partial charge in [-0.15, -0.1) is 12.4 Å². The molecule has 0 aromatic heterocycles. The Morgan fingerprint density at radius 1 is 0.784 bits per heavy atom. The minimum Gasteiger partial charge on any atom is -0.497 e. The fraction of sp³-hybridized carbons (Fsp3) is 0.290. The molecule has 5 nitrogen and oxygen atoms in total. The van der Waals surface area contributed by atoms with Crippen LogP contribution < -0.4 is 19.5 Å². The van der Waals surface area contributed by atoms with E-state index in [4.69, 9.17) is 14.2 Å². The van der Waals surface area contributed by atoms with Gasteiger partial charge >= 0.3 is 0 Å². The van der Waals surface area contributed by atoms with Crippen molar-refractivity contribution < 1.29 is 14.2 Å². The molecule has 194 valence electrons. The quantitative estimate of drug-likeness (QED) is 0.246. The number of ether oxygens (including phenoxy) is 3. The normalized spacial score (nSPS) is 13.6. The second-order valence-electron chi connectivity index (χ2n) is 9.19. The van der Waals surface area contributed by atoms with Crippen molar-refractivity contribution in [1.82, 2.24) is 4.90 Å². The van der Waals surface area contributed by atoms with Crippen LogP contribution in [0.1, 0.15) is 19.3 Å². The molecule has 0 aliphatic carbocycles. The maximum absolute atomic E-state index is 6.73. The molecule has 0 unspecified atom stereocenters. The van der Waals surface area contributed by atoms with E-state index in [-0.39, 0.29) is 12.4 Å². The topological polar surface area (TPSA) is 43.0 Å². The Kier molecular flexibility index (Phi) is 9.15. The molecule has 0 spiro atoms. The number of likely N-dealkylation sites (tertiary alicyclic amines) is 1. The van der Waals surface area contributed by atoms with E-state index in [0.29, 0.717) is 0 Å². The molecule has 0 amide bonds. The van der Waals surface area contributed by atoms with Crippen molar-refractivity contribution in [3.8, 4) is 34.1 Å². The van der Waals surface area contributed by atoms with Gasteiger partial charge in [0.05, 0.1) is 19.9 Å². The highest BCUT2D eigenvalue weighted by Crippen LogP contribution is 2.42. The lowest BCUT2D eigenvalue weighted by atomic mass is 9.99. The van der Waals surface area contributed by atoms with Gasteiger partial charge < -0.3 is 24.4 Å². The molecule has 1 saturated heterocycles. The number of halogens is 1. The summed E-state index contributed by atoms with van der Waals surface area (Å²) >= 11 is 0. The zero-order chi connectivity index (χ0) is 24.7. The summed E-state index contributed by atoms with van der Waals surface area (Å²) in [7, 11) is 3.37. The van der Waals surface area contributed by atoms with Crippen molar-refractivity contribution in [1.29, 1.82) is 0 Å². The summed E-state index contributed by atoms with van der Waals surface area (Å²) in [5.74, 6) is 3.29. The first-order valence-corrected chi connectivity index (χ1v) is 12.7. The smallest absolute Gasteiger partial charge is 0.150 e. The van der Waals surface area contributed by atoms with E-state index in [1.165, 1.54) is 32.4 Å². The van der Waals surface area contributed by atoms with E-state index in [9.17, 15) is 0 Å². The molecule has 1 aliphatic heterocycles. The zero-order valence-electron chi connectivity index (χ0n) is 21.5. The average molecular weight is 519 g/mol. The number of nitrogens with one attached hydrogen (secondary N) is 1. The molecule has 0 saturated carbocycles. The number of nitrogens with zero attached hydrogens (tertiary/aromatic N) is 1. The van der Waals surface area contributed by atoms with E-state index in [1.807, 2.05) is 36.4 Å². The largest absolute Gasteiger partial charge is 0.497 e. The lowest BCUT2D eigenvalue weighted by molar-refractivity contribution is 0.237. The molecule has 0 radical (unpaired) electrons. The van der Waals surface area contributed by atoms with Crippen molar-refractivity contribution in [3.05, 3.63) is 78.9 Å². The number of rotatable bonds is 9. The molecule has 0 atom stereocenters. The second kappa shape index (κ2) is 12.7. The van der Waals surface area contributed by atoms with E-state index < -0.39 is 0 Å². The van der Waals surface area contributed by atoms with Crippen LogP contribution in [-0.2, 0) is 0 Å². The molecule has 1 N–H and O–H groups in total. The van der Waals surface area contributed by atoms with Gasteiger partial charge in [0.25, 0.3) is 0 Å². The molecule has 6 heteroatoms. The minimum absolute atomic E-state index is 0. The predicted molar refractivity (Wildman–Crippen MR) is 155 cm³/mol. The lowest BCUT2D eigenvalue weighted by Crippen LogP contribution is -2.33. The third kappa shape index (κ3) is 6.30. The number of hydrogen-bond acceptors (Lipinski definition) is 5. The molecule has 1 aliphatic rings. The highest BCUT2D eigenvalue weighted by molar-refractivity contribution is 5.96. The SMILES string of the molecule is COc1ccc(-c2ccc3cc(OC)ccc3c2Oc2ccccc2NCCN2CCCCC2)cc1.Cl. The average Bonchev–Trinajstić information content (AvgIpc) is 2.94. The van der Waals surface area contributed by atoms with Gasteiger partial charge in [0.15, 0.2) is 5.75 Å². The molecule has 1 fully saturated rings. The molecule has 37 heavy (non-hydrogen) atoms. The third-order valence-corrected chi connectivity index (χ3v) is 6.87. The Labute approximate surface area is 225 Å². The lowest BCUT2D eigenvalue weighted by Gasteiger charge is -2.26. The van der Waals surface area contributed by atoms with E-state index in [2.05, 4.69) is 52.7 Å². The summed E-state index contributed by atoms with van der Waals surface area (Å²) < 4.78 is 17.6. The second-order valence-corrected chi connectivity index (χ2v) is 9.19. The highest BCUT2D eigenvalue weighted by Gasteiger charge is 2.16. The van der Waals surface area contributed by atoms with Crippen LogP contribution in [0.5, 0.6) is 23.0 Å². The van der Waals surface area contributed by atoms with Crippen LogP contribution in [0.25, 0.3) is 21.9 Å². The van der Waals surface area contributed by atoms with Gasteiger partial charge in [0.2, 0.25) is 0 Å². The Balaban J connectivity index is 0.00000320. The Hall–Kier alpha value is -3.41. The number of methoxy groups -OCH3 is 2. The van der Waals surface area contributed by atoms with Crippen LogP contribution in [0.3, 0.4) is 0 Å².